The van der Waals surface area contributed by atoms with E-state index in [1.54, 1.807) is 31.2 Å². The topological polar surface area (TPSA) is 69.7 Å². The van der Waals surface area contributed by atoms with Crippen LogP contribution in [-0.2, 0) is 15.1 Å². The number of carbonyl (C=O) groups excluding carboxylic acids is 3. The van der Waals surface area contributed by atoms with Gasteiger partial charge in [0.25, 0.3) is 5.91 Å². The zero-order chi connectivity index (χ0) is 19.9. The SMILES string of the molecule is CC1(c2cccc(Cl)c2)NC(=O)N(CC(=O)N2CCCC3CCCCC32)C1=O. The molecule has 2 heterocycles. The zero-order valence-electron chi connectivity index (χ0n) is 16.1. The Labute approximate surface area is 170 Å². The molecular formula is C21H26ClN3O3. The van der Waals surface area contributed by atoms with Crippen molar-refractivity contribution in [2.45, 2.75) is 57.0 Å². The summed E-state index contributed by atoms with van der Waals surface area (Å²) in [5.74, 6) is 0.0204. The molecule has 1 aromatic carbocycles. The first-order chi connectivity index (χ1) is 13.4. The maximum atomic E-state index is 13.1. The highest BCUT2D eigenvalue weighted by Gasteiger charge is 2.50. The van der Waals surface area contributed by atoms with Crippen molar-refractivity contribution in [1.82, 2.24) is 15.1 Å². The standard InChI is InChI=1S/C21H26ClN3O3/c1-21(15-8-4-9-16(22)12-15)19(27)25(20(28)23-21)13-18(26)24-11-5-7-14-6-2-3-10-17(14)24/h4,8-9,12,14,17H,2-3,5-7,10-11,13H2,1H3,(H,23,28). The van der Waals surface area contributed by atoms with E-state index in [9.17, 15) is 14.4 Å². The molecule has 4 amide bonds. The van der Waals surface area contributed by atoms with Gasteiger partial charge in [0.05, 0.1) is 0 Å². The van der Waals surface area contributed by atoms with Crippen LogP contribution < -0.4 is 5.32 Å². The number of amides is 4. The Kier molecular flexibility index (Phi) is 5.08. The van der Waals surface area contributed by atoms with Gasteiger partial charge in [0.2, 0.25) is 5.91 Å². The van der Waals surface area contributed by atoms with Gasteiger partial charge in [0.15, 0.2) is 0 Å². The number of hydrogen-bond donors (Lipinski definition) is 1. The van der Waals surface area contributed by atoms with E-state index in [2.05, 4.69) is 5.32 Å². The van der Waals surface area contributed by atoms with Crippen LogP contribution in [0.25, 0.3) is 0 Å². The third kappa shape index (κ3) is 3.28. The fourth-order valence-electron chi connectivity index (χ4n) is 5.00. The predicted molar refractivity (Wildman–Crippen MR) is 106 cm³/mol. The van der Waals surface area contributed by atoms with E-state index in [1.165, 1.54) is 19.3 Å². The predicted octanol–water partition coefficient (Wildman–Crippen LogP) is 3.29. The molecule has 2 saturated heterocycles. The van der Waals surface area contributed by atoms with Crippen molar-refractivity contribution < 1.29 is 14.4 Å². The number of benzene rings is 1. The van der Waals surface area contributed by atoms with Gasteiger partial charge in [0, 0.05) is 17.6 Å². The lowest BCUT2D eigenvalue weighted by Gasteiger charge is -2.44. The maximum absolute atomic E-state index is 13.1. The molecule has 2 aliphatic heterocycles. The van der Waals surface area contributed by atoms with Crippen molar-refractivity contribution in [2.24, 2.45) is 5.92 Å². The van der Waals surface area contributed by atoms with E-state index in [1.807, 2.05) is 4.90 Å². The Balaban J connectivity index is 1.51. The number of fused-ring (bicyclic) bond motifs is 1. The molecule has 1 N–H and O–H groups in total. The lowest BCUT2D eigenvalue weighted by atomic mass is 9.78. The molecule has 6 nitrogen and oxygen atoms in total. The summed E-state index contributed by atoms with van der Waals surface area (Å²) in [4.78, 5) is 41.6. The Morgan fingerprint density at radius 2 is 1.96 bits per heavy atom. The van der Waals surface area contributed by atoms with Crippen LogP contribution in [0, 0.1) is 5.92 Å². The van der Waals surface area contributed by atoms with E-state index in [0.29, 0.717) is 16.5 Å². The minimum Gasteiger partial charge on any atom is -0.338 e. The average Bonchev–Trinajstić information content (AvgIpc) is 2.91. The van der Waals surface area contributed by atoms with Crippen molar-refractivity contribution in [3.8, 4) is 0 Å². The third-order valence-electron chi connectivity index (χ3n) is 6.53. The van der Waals surface area contributed by atoms with Gasteiger partial charge >= 0.3 is 6.03 Å². The number of nitrogens with zero attached hydrogens (tertiary/aromatic N) is 2. The van der Waals surface area contributed by atoms with Crippen LogP contribution in [0.5, 0.6) is 0 Å². The van der Waals surface area contributed by atoms with Gasteiger partial charge in [-0.25, -0.2) is 4.79 Å². The molecule has 3 aliphatic rings. The summed E-state index contributed by atoms with van der Waals surface area (Å²) in [5, 5.41) is 3.24. The van der Waals surface area contributed by atoms with Crippen molar-refractivity contribution in [3.63, 3.8) is 0 Å². The monoisotopic (exact) mass is 403 g/mol. The molecule has 1 aromatic rings. The minimum absolute atomic E-state index is 0.129. The average molecular weight is 404 g/mol. The molecular weight excluding hydrogens is 378 g/mol. The fraction of sp³-hybridized carbons (Fsp3) is 0.571. The molecule has 1 saturated carbocycles. The Morgan fingerprint density at radius 3 is 2.75 bits per heavy atom. The third-order valence-corrected chi connectivity index (χ3v) is 6.77. The molecule has 3 fully saturated rings. The highest BCUT2D eigenvalue weighted by atomic mass is 35.5. The molecule has 3 unspecified atom stereocenters. The van der Waals surface area contributed by atoms with E-state index in [0.717, 1.165) is 30.7 Å². The number of imide groups is 1. The fourth-order valence-corrected chi connectivity index (χ4v) is 5.19. The highest BCUT2D eigenvalue weighted by Crippen LogP contribution is 2.36. The van der Waals surface area contributed by atoms with Crippen LogP contribution in [-0.4, -0.2) is 46.8 Å². The smallest absolute Gasteiger partial charge is 0.325 e. The molecule has 0 spiro atoms. The highest BCUT2D eigenvalue weighted by molar-refractivity contribution is 6.30. The Bertz CT molecular complexity index is 812. The van der Waals surface area contributed by atoms with E-state index < -0.39 is 17.5 Å². The van der Waals surface area contributed by atoms with Crippen LogP contribution in [0.15, 0.2) is 24.3 Å². The lowest BCUT2D eigenvalue weighted by molar-refractivity contribution is -0.142. The minimum atomic E-state index is -1.21. The largest absolute Gasteiger partial charge is 0.338 e. The second-order valence-corrected chi connectivity index (χ2v) is 8.73. The summed E-state index contributed by atoms with van der Waals surface area (Å²) in [7, 11) is 0. The molecule has 0 bridgehead atoms. The Morgan fingerprint density at radius 1 is 1.21 bits per heavy atom. The zero-order valence-corrected chi connectivity index (χ0v) is 16.9. The maximum Gasteiger partial charge on any atom is 0.325 e. The van der Waals surface area contributed by atoms with E-state index in [4.69, 9.17) is 11.6 Å². The summed E-state index contributed by atoms with van der Waals surface area (Å²) in [6.45, 7) is 2.17. The van der Waals surface area contributed by atoms with Crippen LogP contribution >= 0.6 is 11.6 Å². The molecule has 0 aromatic heterocycles. The summed E-state index contributed by atoms with van der Waals surface area (Å²) in [5.41, 5.74) is -0.601. The molecule has 1 aliphatic carbocycles. The van der Waals surface area contributed by atoms with E-state index >= 15 is 0 Å². The molecule has 150 valence electrons. The van der Waals surface area contributed by atoms with Crippen LogP contribution in [0.2, 0.25) is 5.02 Å². The van der Waals surface area contributed by atoms with Gasteiger partial charge in [-0.2, -0.15) is 0 Å². The molecule has 7 heteroatoms. The van der Waals surface area contributed by atoms with Gasteiger partial charge in [-0.15, -0.1) is 0 Å². The molecule has 3 atom stereocenters. The molecule has 28 heavy (non-hydrogen) atoms. The van der Waals surface area contributed by atoms with Gasteiger partial charge < -0.3 is 10.2 Å². The number of rotatable bonds is 3. The normalized spacial score (nSPS) is 30.2. The molecule has 0 radical (unpaired) electrons. The van der Waals surface area contributed by atoms with Gasteiger partial charge in [0.1, 0.15) is 12.1 Å². The van der Waals surface area contributed by atoms with Gasteiger partial charge in [-0.3, -0.25) is 14.5 Å². The Hall–Kier alpha value is -2.08. The first-order valence-electron chi connectivity index (χ1n) is 10.1. The van der Waals surface area contributed by atoms with Crippen molar-refractivity contribution in [2.75, 3.05) is 13.1 Å². The second kappa shape index (κ2) is 7.39. The van der Waals surface area contributed by atoms with Crippen LogP contribution in [0.1, 0.15) is 51.0 Å². The number of piperidine rings is 1. The first-order valence-corrected chi connectivity index (χ1v) is 10.5. The number of nitrogens with one attached hydrogen (secondary N) is 1. The molecule has 4 rings (SSSR count). The number of halogens is 1. The summed E-state index contributed by atoms with van der Waals surface area (Å²) < 4.78 is 0. The van der Waals surface area contributed by atoms with Gasteiger partial charge in [-0.1, -0.05) is 36.6 Å². The van der Waals surface area contributed by atoms with Crippen molar-refractivity contribution in [3.05, 3.63) is 34.9 Å². The van der Waals surface area contributed by atoms with Crippen molar-refractivity contribution in [1.29, 1.82) is 0 Å². The summed E-state index contributed by atoms with van der Waals surface area (Å²) in [6, 6.07) is 6.61. The van der Waals surface area contributed by atoms with Gasteiger partial charge in [-0.05, 0) is 56.2 Å². The van der Waals surface area contributed by atoms with Crippen molar-refractivity contribution >= 4 is 29.4 Å². The lowest BCUT2D eigenvalue weighted by Crippen LogP contribution is -2.53. The van der Waals surface area contributed by atoms with Crippen LogP contribution in [0.3, 0.4) is 0 Å². The number of urea groups is 1. The first kappa shape index (κ1) is 19.2. The summed E-state index contributed by atoms with van der Waals surface area (Å²) >= 11 is 6.06. The summed E-state index contributed by atoms with van der Waals surface area (Å²) in [6.07, 6.45) is 6.73. The van der Waals surface area contributed by atoms with E-state index in [-0.39, 0.29) is 18.5 Å². The number of carbonyl (C=O) groups is 3. The number of hydrogen-bond acceptors (Lipinski definition) is 3. The quantitative estimate of drug-likeness (QED) is 0.787. The second-order valence-electron chi connectivity index (χ2n) is 8.30. The van der Waals surface area contributed by atoms with Crippen LogP contribution in [0.4, 0.5) is 4.79 Å². The number of likely N-dealkylation sites (tertiary alicyclic amines) is 1.